The third kappa shape index (κ3) is 2.29. The molecule has 0 aromatic heterocycles. The Morgan fingerprint density at radius 2 is 1.79 bits per heavy atom. The molecule has 1 aliphatic carbocycles. The summed E-state index contributed by atoms with van der Waals surface area (Å²) in [4.78, 5) is 2.66. The van der Waals surface area contributed by atoms with Crippen molar-refractivity contribution < 1.29 is 0 Å². The SMILES string of the molecule is CC1CCC(N2CC(C)CC(N)C2)C1. The van der Waals surface area contributed by atoms with E-state index in [4.69, 9.17) is 5.73 Å². The molecule has 1 saturated carbocycles. The van der Waals surface area contributed by atoms with Gasteiger partial charge in [-0.15, -0.1) is 0 Å². The molecule has 4 atom stereocenters. The third-order valence-corrected chi connectivity index (χ3v) is 3.90. The largest absolute Gasteiger partial charge is 0.327 e. The molecule has 1 heterocycles. The molecule has 1 saturated heterocycles. The van der Waals surface area contributed by atoms with Gasteiger partial charge in [-0.25, -0.2) is 0 Å². The van der Waals surface area contributed by atoms with Crippen molar-refractivity contribution in [1.29, 1.82) is 0 Å². The molecule has 2 aliphatic rings. The maximum Gasteiger partial charge on any atom is 0.0170 e. The van der Waals surface area contributed by atoms with Crippen LogP contribution in [0.2, 0.25) is 0 Å². The van der Waals surface area contributed by atoms with E-state index in [1.54, 1.807) is 0 Å². The Labute approximate surface area is 87.8 Å². The first-order valence-electron chi connectivity index (χ1n) is 6.14. The first-order valence-corrected chi connectivity index (χ1v) is 6.14. The van der Waals surface area contributed by atoms with Crippen molar-refractivity contribution in [3.8, 4) is 0 Å². The highest BCUT2D eigenvalue weighted by molar-refractivity contribution is 4.87. The quantitative estimate of drug-likeness (QED) is 0.693. The van der Waals surface area contributed by atoms with E-state index in [0.29, 0.717) is 6.04 Å². The molecule has 4 unspecified atom stereocenters. The van der Waals surface area contributed by atoms with Gasteiger partial charge in [-0.05, 0) is 37.5 Å². The number of rotatable bonds is 1. The number of hydrogen-bond donors (Lipinski definition) is 1. The molecular formula is C12H24N2. The monoisotopic (exact) mass is 196 g/mol. The lowest BCUT2D eigenvalue weighted by Gasteiger charge is -2.38. The fraction of sp³-hybridized carbons (Fsp3) is 1.00. The van der Waals surface area contributed by atoms with Gasteiger partial charge in [0.05, 0.1) is 0 Å². The maximum atomic E-state index is 6.08. The van der Waals surface area contributed by atoms with E-state index in [2.05, 4.69) is 18.7 Å². The standard InChI is InChI=1S/C12H24N2/c1-9-3-4-12(6-9)14-7-10(2)5-11(13)8-14/h9-12H,3-8,13H2,1-2H3. The lowest BCUT2D eigenvalue weighted by molar-refractivity contribution is 0.116. The molecule has 14 heavy (non-hydrogen) atoms. The summed E-state index contributed by atoms with van der Waals surface area (Å²) in [5, 5.41) is 0. The summed E-state index contributed by atoms with van der Waals surface area (Å²) in [5.41, 5.74) is 6.08. The second-order valence-electron chi connectivity index (χ2n) is 5.63. The molecule has 2 N–H and O–H groups in total. The Balaban J connectivity index is 1.90. The zero-order valence-electron chi connectivity index (χ0n) is 9.58. The minimum atomic E-state index is 0.426. The van der Waals surface area contributed by atoms with E-state index < -0.39 is 0 Å². The van der Waals surface area contributed by atoms with Crippen LogP contribution in [0.1, 0.15) is 39.5 Å². The highest BCUT2D eigenvalue weighted by Gasteiger charge is 2.31. The summed E-state index contributed by atoms with van der Waals surface area (Å²) >= 11 is 0. The van der Waals surface area contributed by atoms with Crippen LogP contribution in [0, 0.1) is 11.8 Å². The maximum absolute atomic E-state index is 6.08. The molecule has 0 amide bonds. The Bertz CT molecular complexity index is 183. The smallest absolute Gasteiger partial charge is 0.0170 e. The van der Waals surface area contributed by atoms with E-state index in [9.17, 15) is 0 Å². The van der Waals surface area contributed by atoms with Crippen LogP contribution in [0.25, 0.3) is 0 Å². The Morgan fingerprint density at radius 3 is 2.36 bits per heavy atom. The van der Waals surface area contributed by atoms with E-state index >= 15 is 0 Å². The van der Waals surface area contributed by atoms with Crippen LogP contribution in [0.4, 0.5) is 0 Å². The van der Waals surface area contributed by atoms with E-state index in [1.165, 1.54) is 32.2 Å². The third-order valence-electron chi connectivity index (χ3n) is 3.90. The molecule has 2 rings (SSSR count). The van der Waals surface area contributed by atoms with Crippen LogP contribution in [0.5, 0.6) is 0 Å². The minimum absolute atomic E-state index is 0.426. The van der Waals surface area contributed by atoms with Crippen LogP contribution in [0.15, 0.2) is 0 Å². The molecule has 1 aliphatic heterocycles. The van der Waals surface area contributed by atoms with Crippen molar-refractivity contribution >= 4 is 0 Å². The minimum Gasteiger partial charge on any atom is -0.327 e. The molecule has 82 valence electrons. The molecule has 0 radical (unpaired) electrons. The predicted molar refractivity (Wildman–Crippen MR) is 60.1 cm³/mol. The molecule has 0 aromatic carbocycles. The molecule has 0 bridgehead atoms. The molecule has 0 spiro atoms. The van der Waals surface area contributed by atoms with Gasteiger partial charge in [0.25, 0.3) is 0 Å². The second kappa shape index (κ2) is 4.19. The van der Waals surface area contributed by atoms with E-state index in [-0.39, 0.29) is 0 Å². The van der Waals surface area contributed by atoms with Gasteiger partial charge in [0.2, 0.25) is 0 Å². The van der Waals surface area contributed by atoms with Crippen LogP contribution < -0.4 is 5.73 Å². The number of piperidine rings is 1. The summed E-state index contributed by atoms with van der Waals surface area (Å²) in [5.74, 6) is 1.74. The highest BCUT2D eigenvalue weighted by atomic mass is 15.2. The van der Waals surface area contributed by atoms with Gasteiger partial charge in [-0.3, -0.25) is 4.90 Å². The molecule has 2 fully saturated rings. The first kappa shape index (κ1) is 10.4. The van der Waals surface area contributed by atoms with Gasteiger partial charge in [0.1, 0.15) is 0 Å². The Hall–Kier alpha value is -0.0800. The van der Waals surface area contributed by atoms with Gasteiger partial charge < -0.3 is 5.73 Å². The highest BCUT2D eigenvalue weighted by Crippen LogP contribution is 2.31. The zero-order valence-corrected chi connectivity index (χ0v) is 9.58. The second-order valence-corrected chi connectivity index (χ2v) is 5.63. The fourth-order valence-electron chi connectivity index (χ4n) is 3.25. The van der Waals surface area contributed by atoms with Gasteiger partial charge in [0.15, 0.2) is 0 Å². The summed E-state index contributed by atoms with van der Waals surface area (Å²) in [6, 6.07) is 1.27. The predicted octanol–water partition coefficient (Wildman–Crippen LogP) is 1.84. The number of nitrogens with zero attached hydrogens (tertiary/aromatic N) is 1. The van der Waals surface area contributed by atoms with Crippen LogP contribution in [-0.4, -0.2) is 30.1 Å². The van der Waals surface area contributed by atoms with Crippen molar-refractivity contribution in [3.05, 3.63) is 0 Å². The number of likely N-dealkylation sites (tertiary alicyclic amines) is 1. The summed E-state index contributed by atoms with van der Waals surface area (Å²) < 4.78 is 0. The number of hydrogen-bond acceptors (Lipinski definition) is 2. The van der Waals surface area contributed by atoms with E-state index in [0.717, 1.165) is 24.4 Å². The Morgan fingerprint density at radius 1 is 1.00 bits per heavy atom. The van der Waals surface area contributed by atoms with Gasteiger partial charge in [-0.2, -0.15) is 0 Å². The summed E-state index contributed by atoms with van der Waals surface area (Å²) in [6.45, 7) is 7.14. The normalized spacial score (nSPS) is 45.6. The van der Waals surface area contributed by atoms with Crippen molar-refractivity contribution in [3.63, 3.8) is 0 Å². The molecule has 0 aromatic rings. The topological polar surface area (TPSA) is 29.3 Å². The van der Waals surface area contributed by atoms with Crippen molar-refractivity contribution in [2.24, 2.45) is 17.6 Å². The lowest BCUT2D eigenvalue weighted by atomic mass is 9.95. The van der Waals surface area contributed by atoms with Gasteiger partial charge >= 0.3 is 0 Å². The fourth-order valence-corrected chi connectivity index (χ4v) is 3.25. The van der Waals surface area contributed by atoms with Crippen molar-refractivity contribution in [2.75, 3.05) is 13.1 Å². The summed E-state index contributed by atoms with van der Waals surface area (Å²) in [7, 11) is 0. The number of nitrogens with two attached hydrogens (primary N) is 1. The average molecular weight is 196 g/mol. The molecular weight excluding hydrogens is 172 g/mol. The van der Waals surface area contributed by atoms with Crippen LogP contribution >= 0.6 is 0 Å². The van der Waals surface area contributed by atoms with Crippen LogP contribution in [0.3, 0.4) is 0 Å². The average Bonchev–Trinajstić information content (AvgIpc) is 2.50. The van der Waals surface area contributed by atoms with Gasteiger partial charge in [0, 0.05) is 25.2 Å². The molecule has 2 nitrogen and oxygen atoms in total. The van der Waals surface area contributed by atoms with Crippen molar-refractivity contribution in [1.82, 2.24) is 4.90 Å². The molecule has 2 heteroatoms. The van der Waals surface area contributed by atoms with Crippen molar-refractivity contribution in [2.45, 2.75) is 51.6 Å². The Kier molecular flexibility index (Phi) is 3.13. The first-order chi connectivity index (χ1) is 6.65. The lowest BCUT2D eigenvalue weighted by Crippen LogP contribution is -2.49. The zero-order chi connectivity index (χ0) is 10.1. The van der Waals surface area contributed by atoms with E-state index in [1.807, 2.05) is 0 Å². The van der Waals surface area contributed by atoms with Gasteiger partial charge in [-0.1, -0.05) is 13.8 Å². The summed E-state index contributed by atoms with van der Waals surface area (Å²) in [6.07, 6.45) is 5.45. The van der Waals surface area contributed by atoms with Crippen LogP contribution in [-0.2, 0) is 0 Å².